The minimum atomic E-state index is -0.645. The highest BCUT2D eigenvalue weighted by Crippen LogP contribution is 2.25. The molecule has 0 aliphatic carbocycles. The maximum atomic E-state index is 11.1. The van der Waals surface area contributed by atoms with Crippen LogP contribution in [-0.4, -0.2) is 28.0 Å². The molecule has 0 unspecified atom stereocenters. The van der Waals surface area contributed by atoms with Gasteiger partial charge in [-0.05, 0) is 18.2 Å². The SMILES string of the molecule is N#Cc1cccnc1NCCNc1nccc(C#N)c1[N+](=O)[O-]. The lowest BCUT2D eigenvalue weighted by Gasteiger charge is -2.09. The third kappa shape index (κ3) is 3.68. The molecule has 23 heavy (non-hydrogen) atoms. The van der Waals surface area contributed by atoms with Gasteiger partial charge in [-0.2, -0.15) is 10.5 Å². The van der Waals surface area contributed by atoms with E-state index in [1.54, 1.807) is 24.4 Å². The molecule has 9 heteroatoms. The van der Waals surface area contributed by atoms with Gasteiger partial charge >= 0.3 is 5.69 Å². The highest BCUT2D eigenvalue weighted by molar-refractivity contribution is 5.64. The van der Waals surface area contributed by atoms with Gasteiger partial charge in [0, 0.05) is 25.5 Å². The molecule has 0 aromatic carbocycles. The molecular weight excluding hydrogens is 298 g/mol. The molecule has 0 saturated heterocycles. The Morgan fingerprint density at radius 1 is 1.04 bits per heavy atom. The summed E-state index contributed by atoms with van der Waals surface area (Å²) >= 11 is 0. The molecule has 9 nitrogen and oxygen atoms in total. The highest BCUT2D eigenvalue weighted by Gasteiger charge is 2.20. The number of pyridine rings is 2. The van der Waals surface area contributed by atoms with E-state index >= 15 is 0 Å². The van der Waals surface area contributed by atoms with Gasteiger partial charge in [0.25, 0.3) is 0 Å². The van der Waals surface area contributed by atoms with Crippen molar-refractivity contribution in [3.05, 3.63) is 51.8 Å². The smallest absolute Gasteiger partial charge is 0.328 e. The monoisotopic (exact) mass is 309 g/mol. The Bertz CT molecular complexity index is 808. The van der Waals surface area contributed by atoms with E-state index < -0.39 is 4.92 Å². The summed E-state index contributed by atoms with van der Waals surface area (Å²) in [5.41, 5.74) is -0.00872. The molecule has 0 radical (unpaired) electrons. The van der Waals surface area contributed by atoms with Crippen molar-refractivity contribution >= 4 is 17.3 Å². The second-order valence-corrected chi connectivity index (χ2v) is 4.29. The van der Waals surface area contributed by atoms with Crippen molar-refractivity contribution in [2.24, 2.45) is 0 Å². The van der Waals surface area contributed by atoms with Gasteiger partial charge in [-0.1, -0.05) is 0 Å². The van der Waals surface area contributed by atoms with Gasteiger partial charge in [-0.3, -0.25) is 10.1 Å². The summed E-state index contributed by atoms with van der Waals surface area (Å²) in [5.74, 6) is 0.461. The van der Waals surface area contributed by atoms with Crippen LogP contribution in [0.2, 0.25) is 0 Å². The molecule has 2 aromatic rings. The predicted octanol–water partition coefficient (Wildman–Crippen LogP) is 1.65. The Hall–Kier alpha value is -3.72. The molecule has 2 rings (SSSR count). The number of hydrogen-bond donors (Lipinski definition) is 2. The standard InChI is InChI=1S/C14H11N7O2/c15-8-10-3-5-18-14(12(10)21(22)23)20-7-6-19-13-11(9-16)2-1-4-17-13/h1-5H,6-7H2,(H,17,19)(H,18,20). The van der Waals surface area contributed by atoms with Crippen molar-refractivity contribution in [2.75, 3.05) is 23.7 Å². The van der Waals surface area contributed by atoms with Crippen LogP contribution in [-0.2, 0) is 0 Å². The fourth-order valence-electron chi connectivity index (χ4n) is 1.86. The molecule has 0 fully saturated rings. The van der Waals surface area contributed by atoms with Gasteiger partial charge in [-0.15, -0.1) is 0 Å². The zero-order chi connectivity index (χ0) is 16.7. The maximum Gasteiger partial charge on any atom is 0.328 e. The largest absolute Gasteiger partial charge is 0.367 e. The lowest BCUT2D eigenvalue weighted by Crippen LogP contribution is -2.16. The van der Waals surface area contributed by atoms with E-state index in [1.807, 2.05) is 6.07 Å². The molecule has 0 saturated carbocycles. The summed E-state index contributed by atoms with van der Waals surface area (Å²) in [5, 5.41) is 34.7. The molecule has 0 aliphatic rings. The Balaban J connectivity index is 2.01. The number of hydrogen-bond acceptors (Lipinski definition) is 8. The fourth-order valence-corrected chi connectivity index (χ4v) is 1.86. The third-order valence-electron chi connectivity index (χ3n) is 2.87. The molecule has 0 aliphatic heterocycles. The van der Waals surface area contributed by atoms with Crippen molar-refractivity contribution in [3.8, 4) is 12.1 Å². The summed E-state index contributed by atoms with van der Waals surface area (Å²) in [6.45, 7) is 0.658. The molecule has 114 valence electrons. The maximum absolute atomic E-state index is 11.1. The van der Waals surface area contributed by atoms with Gasteiger partial charge in [0.1, 0.15) is 23.5 Å². The molecule has 2 heterocycles. The average molecular weight is 309 g/mol. The first-order valence-electron chi connectivity index (χ1n) is 6.53. The van der Waals surface area contributed by atoms with Gasteiger partial charge < -0.3 is 10.6 Å². The Morgan fingerprint density at radius 2 is 1.70 bits per heavy atom. The van der Waals surface area contributed by atoms with Crippen LogP contribution in [0, 0.1) is 32.8 Å². The number of nitro groups is 1. The van der Waals surface area contributed by atoms with Gasteiger partial charge in [0.2, 0.25) is 5.82 Å². The lowest BCUT2D eigenvalue weighted by molar-refractivity contribution is -0.384. The molecule has 2 aromatic heterocycles. The quantitative estimate of drug-likeness (QED) is 0.466. The summed E-state index contributed by atoms with van der Waals surface area (Å²) < 4.78 is 0. The minimum absolute atomic E-state index is 0.0253. The fraction of sp³-hybridized carbons (Fsp3) is 0.143. The van der Waals surface area contributed by atoms with E-state index in [2.05, 4.69) is 20.6 Å². The van der Waals surface area contributed by atoms with Crippen molar-refractivity contribution < 1.29 is 4.92 Å². The first kappa shape index (κ1) is 15.7. The number of anilines is 2. The van der Waals surface area contributed by atoms with Crippen LogP contribution in [0.4, 0.5) is 17.3 Å². The normalized spacial score (nSPS) is 9.48. The van der Waals surface area contributed by atoms with Crippen molar-refractivity contribution in [3.63, 3.8) is 0 Å². The molecule has 2 N–H and O–H groups in total. The summed E-state index contributed by atoms with van der Waals surface area (Å²) in [6, 6.07) is 8.35. The Morgan fingerprint density at radius 3 is 2.35 bits per heavy atom. The van der Waals surface area contributed by atoms with Crippen molar-refractivity contribution in [1.29, 1.82) is 10.5 Å². The van der Waals surface area contributed by atoms with Crippen LogP contribution in [0.3, 0.4) is 0 Å². The Kier molecular flexibility index (Phi) is 5.00. The summed E-state index contributed by atoms with van der Waals surface area (Å²) in [7, 11) is 0. The molecule has 0 atom stereocenters. The van der Waals surface area contributed by atoms with Crippen molar-refractivity contribution in [2.45, 2.75) is 0 Å². The molecule has 0 amide bonds. The first-order chi connectivity index (χ1) is 11.2. The Labute approximate surface area is 131 Å². The van der Waals surface area contributed by atoms with E-state index in [0.29, 0.717) is 24.5 Å². The predicted molar refractivity (Wildman–Crippen MR) is 81.5 cm³/mol. The molecular formula is C14H11N7O2. The summed E-state index contributed by atoms with van der Waals surface area (Å²) in [6.07, 6.45) is 2.88. The topological polar surface area (TPSA) is 141 Å². The first-order valence-corrected chi connectivity index (χ1v) is 6.53. The van der Waals surface area contributed by atoms with Crippen molar-refractivity contribution in [1.82, 2.24) is 9.97 Å². The second-order valence-electron chi connectivity index (χ2n) is 4.29. The third-order valence-corrected chi connectivity index (χ3v) is 2.87. The van der Waals surface area contributed by atoms with E-state index in [0.717, 1.165) is 0 Å². The van der Waals surface area contributed by atoms with E-state index in [9.17, 15) is 10.1 Å². The van der Waals surface area contributed by atoms with E-state index in [-0.39, 0.29) is 17.1 Å². The number of rotatable bonds is 6. The zero-order valence-corrected chi connectivity index (χ0v) is 11.9. The number of nitriles is 2. The summed E-state index contributed by atoms with van der Waals surface area (Å²) in [4.78, 5) is 18.3. The highest BCUT2D eigenvalue weighted by atomic mass is 16.6. The number of nitrogens with zero attached hydrogens (tertiary/aromatic N) is 5. The van der Waals surface area contributed by atoms with Crippen LogP contribution in [0.15, 0.2) is 30.6 Å². The van der Waals surface area contributed by atoms with Crippen LogP contribution >= 0.6 is 0 Å². The van der Waals surface area contributed by atoms with Crippen LogP contribution in [0.5, 0.6) is 0 Å². The van der Waals surface area contributed by atoms with Crippen LogP contribution < -0.4 is 10.6 Å². The zero-order valence-electron chi connectivity index (χ0n) is 11.9. The van der Waals surface area contributed by atoms with E-state index in [1.165, 1.54) is 12.3 Å². The number of aromatic nitrogens is 2. The minimum Gasteiger partial charge on any atom is -0.367 e. The van der Waals surface area contributed by atoms with Gasteiger partial charge in [-0.25, -0.2) is 9.97 Å². The van der Waals surface area contributed by atoms with Gasteiger partial charge in [0.05, 0.1) is 10.5 Å². The van der Waals surface area contributed by atoms with Crippen LogP contribution in [0.1, 0.15) is 11.1 Å². The second kappa shape index (κ2) is 7.33. The number of nitrogens with one attached hydrogen (secondary N) is 2. The molecule has 0 spiro atoms. The lowest BCUT2D eigenvalue weighted by atomic mass is 10.2. The molecule has 0 bridgehead atoms. The average Bonchev–Trinajstić information content (AvgIpc) is 2.58. The van der Waals surface area contributed by atoms with Gasteiger partial charge in [0.15, 0.2) is 0 Å². The van der Waals surface area contributed by atoms with Crippen LogP contribution in [0.25, 0.3) is 0 Å². The van der Waals surface area contributed by atoms with E-state index in [4.69, 9.17) is 10.5 Å².